The molecular weight excluding hydrogens is 244 g/mol. The molecular formula is C18H26N2. The second-order valence-electron chi connectivity index (χ2n) is 6.29. The van der Waals surface area contributed by atoms with Gasteiger partial charge < -0.3 is 5.32 Å². The summed E-state index contributed by atoms with van der Waals surface area (Å²) in [6, 6.07) is 11.4. The molecule has 0 radical (unpaired) electrons. The predicted molar refractivity (Wildman–Crippen MR) is 85.7 cm³/mol. The molecule has 1 aromatic carbocycles. The third-order valence-corrected chi connectivity index (χ3v) is 4.90. The molecule has 0 spiro atoms. The molecule has 0 aliphatic carbocycles. The molecule has 2 aliphatic rings. The van der Waals surface area contributed by atoms with Gasteiger partial charge in [-0.1, -0.05) is 36.9 Å². The van der Waals surface area contributed by atoms with E-state index in [-0.39, 0.29) is 0 Å². The van der Waals surface area contributed by atoms with E-state index in [4.69, 9.17) is 0 Å². The number of benzene rings is 1. The van der Waals surface area contributed by atoms with Gasteiger partial charge in [-0.3, -0.25) is 4.90 Å². The van der Waals surface area contributed by atoms with Gasteiger partial charge in [0.15, 0.2) is 0 Å². The van der Waals surface area contributed by atoms with E-state index in [9.17, 15) is 0 Å². The smallest absolute Gasteiger partial charge is 0.0233 e. The molecule has 2 aliphatic heterocycles. The van der Waals surface area contributed by atoms with Crippen LogP contribution >= 0.6 is 0 Å². The van der Waals surface area contributed by atoms with Crippen LogP contribution in [-0.2, 0) is 0 Å². The largest absolute Gasteiger partial charge is 0.314 e. The second kappa shape index (κ2) is 6.55. The molecule has 2 fully saturated rings. The summed E-state index contributed by atoms with van der Waals surface area (Å²) in [5.74, 6) is 0.902. The van der Waals surface area contributed by atoms with Crippen LogP contribution in [0.5, 0.6) is 0 Å². The zero-order valence-corrected chi connectivity index (χ0v) is 12.4. The fourth-order valence-corrected chi connectivity index (χ4v) is 3.66. The van der Waals surface area contributed by atoms with Gasteiger partial charge in [-0.25, -0.2) is 0 Å². The Balaban J connectivity index is 1.47. The molecule has 108 valence electrons. The normalized spacial score (nSPS) is 24.9. The number of hydrogen-bond acceptors (Lipinski definition) is 2. The minimum atomic E-state index is 0.800. The topological polar surface area (TPSA) is 15.3 Å². The molecule has 2 heterocycles. The van der Waals surface area contributed by atoms with E-state index in [0.717, 1.165) is 18.5 Å². The Morgan fingerprint density at radius 3 is 2.55 bits per heavy atom. The van der Waals surface area contributed by atoms with E-state index in [1.54, 1.807) is 0 Å². The zero-order valence-electron chi connectivity index (χ0n) is 12.4. The quantitative estimate of drug-likeness (QED) is 0.904. The van der Waals surface area contributed by atoms with Crippen molar-refractivity contribution in [1.82, 2.24) is 10.2 Å². The molecule has 0 saturated carbocycles. The summed E-state index contributed by atoms with van der Waals surface area (Å²) in [7, 11) is 0. The second-order valence-corrected chi connectivity index (χ2v) is 6.29. The van der Waals surface area contributed by atoms with E-state index in [1.807, 2.05) is 0 Å². The van der Waals surface area contributed by atoms with E-state index < -0.39 is 0 Å². The van der Waals surface area contributed by atoms with Crippen molar-refractivity contribution in [3.8, 4) is 0 Å². The van der Waals surface area contributed by atoms with Crippen molar-refractivity contribution in [1.29, 1.82) is 0 Å². The van der Waals surface area contributed by atoms with Gasteiger partial charge in [-0.15, -0.1) is 0 Å². The fourth-order valence-electron chi connectivity index (χ4n) is 3.66. The number of nitrogens with one attached hydrogen (secondary N) is 1. The highest BCUT2D eigenvalue weighted by Crippen LogP contribution is 2.26. The Hall–Kier alpha value is -1.12. The average Bonchev–Trinajstić information content (AvgIpc) is 3.03. The van der Waals surface area contributed by atoms with Gasteiger partial charge in [0.25, 0.3) is 0 Å². The predicted octanol–water partition coefficient (Wildman–Crippen LogP) is 3.16. The minimum Gasteiger partial charge on any atom is -0.314 e. The Morgan fingerprint density at radius 1 is 1.15 bits per heavy atom. The maximum Gasteiger partial charge on any atom is 0.0233 e. The lowest BCUT2D eigenvalue weighted by molar-refractivity contribution is 0.179. The number of likely N-dealkylation sites (tertiary alicyclic amines) is 1. The summed E-state index contributed by atoms with van der Waals surface area (Å²) in [5.41, 5.74) is 2.54. The third-order valence-electron chi connectivity index (χ3n) is 4.90. The van der Waals surface area contributed by atoms with E-state index >= 15 is 0 Å². The molecule has 0 bridgehead atoms. The SMILES string of the molecule is C=C(CN1CCC(C2CCCN2)CC1)c1ccccc1. The van der Waals surface area contributed by atoms with Crippen LogP contribution in [0.4, 0.5) is 0 Å². The molecule has 3 rings (SSSR count). The molecule has 2 saturated heterocycles. The molecule has 2 nitrogen and oxygen atoms in total. The summed E-state index contributed by atoms with van der Waals surface area (Å²) in [4.78, 5) is 2.57. The van der Waals surface area contributed by atoms with Crippen LogP contribution in [0.25, 0.3) is 5.57 Å². The van der Waals surface area contributed by atoms with Gasteiger partial charge in [0, 0.05) is 12.6 Å². The van der Waals surface area contributed by atoms with Crippen LogP contribution in [0.1, 0.15) is 31.2 Å². The first-order valence-corrected chi connectivity index (χ1v) is 8.02. The number of rotatable bonds is 4. The third kappa shape index (κ3) is 3.31. The Labute approximate surface area is 122 Å². The number of hydrogen-bond donors (Lipinski definition) is 1. The summed E-state index contributed by atoms with van der Waals surface area (Å²) in [5, 5.41) is 3.67. The van der Waals surface area contributed by atoms with Crippen molar-refractivity contribution in [2.24, 2.45) is 5.92 Å². The van der Waals surface area contributed by atoms with Crippen LogP contribution in [0.2, 0.25) is 0 Å². The lowest BCUT2D eigenvalue weighted by Gasteiger charge is -2.35. The van der Waals surface area contributed by atoms with Crippen molar-refractivity contribution < 1.29 is 0 Å². The van der Waals surface area contributed by atoms with E-state index in [1.165, 1.54) is 56.5 Å². The molecule has 1 aromatic rings. The molecule has 1 unspecified atom stereocenters. The van der Waals surface area contributed by atoms with Crippen molar-refractivity contribution in [3.63, 3.8) is 0 Å². The summed E-state index contributed by atoms with van der Waals surface area (Å²) >= 11 is 0. The molecule has 1 atom stereocenters. The van der Waals surface area contributed by atoms with Crippen molar-refractivity contribution in [2.75, 3.05) is 26.2 Å². The lowest BCUT2D eigenvalue weighted by atomic mass is 9.88. The van der Waals surface area contributed by atoms with Crippen LogP contribution < -0.4 is 5.32 Å². The van der Waals surface area contributed by atoms with Gasteiger partial charge in [-0.2, -0.15) is 0 Å². The summed E-state index contributed by atoms with van der Waals surface area (Å²) in [6.45, 7) is 8.98. The van der Waals surface area contributed by atoms with Crippen molar-refractivity contribution in [3.05, 3.63) is 42.5 Å². The first-order chi connectivity index (χ1) is 9.83. The molecule has 0 amide bonds. The van der Waals surface area contributed by atoms with Crippen LogP contribution in [0, 0.1) is 5.92 Å². The monoisotopic (exact) mass is 270 g/mol. The van der Waals surface area contributed by atoms with Gasteiger partial charge >= 0.3 is 0 Å². The van der Waals surface area contributed by atoms with Crippen molar-refractivity contribution in [2.45, 2.75) is 31.7 Å². The average molecular weight is 270 g/mol. The van der Waals surface area contributed by atoms with Crippen LogP contribution in [0.15, 0.2) is 36.9 Å². The highest BCUT2D eigenvalue weighted by molar-refractivity contribution is 5.64. The van der Waals surface area contributed by atoms with E-state index in [0.29, 0.717) is 0 Å². The maximum atomic E-state index is 4.26. The van der Waals surface area contributed by atoms with Crippen LogP contribution in [-0.4, -0.2) is 37.1 Å². The molecule has 1 N–H and O–H groups in total. The summed E-state index contributed by atoms with van der Waals surface area (Å²) < 4.78 is 0. The van der Waals surface area contributed by atoms with E-state index in [2.05, 4.69) is 47.1 Å². The van der Waals surface area contributed by atoms with Crippen LogP contribution in [0.3, 0.4) is 0 Å². The Bertz CT molecular complexity index is 426. The number of piperidine rings is 1. The van der Waals surface area contributed by atoms with Gasteiger partial charge in [-0.05, 0) is 62.4 Å². The Morgan fingerprint density at radius 2 is 1.90 bits per heavy atom. The lowest BCUT2D eigenvalue weighted by Crippen LogP contribution is -2.41. The molecule has 20 heavy (non-hydrogen) atoms. The first-order valence-electron chi connectivity index (χ1n) is 8.02. The molecule has 0 aromatic heterocycles. The maximum absolute atomic E-state index is 4.26. The fraction of sp³-hybridized carbons (Fsp3) is 0.556. The molecule has 2 heteroatoms. The first kappa shape index (κ1) is 13.8. The van der Waals surface area contributed by atoms with Gasteiger partial charge in [0.05, 0.1) is 0 Å². The highest BCUT2D eigenvalue weighted by atomic mass is 15.1. The standard InChI is InChI=1S/C18H26N2/c1-15(16-6-3-2-4-7-16)14-20-12-9-17(10-13-20)18-8-5-11-19-18/h2-4,6-7,17-19H,1,5,8-14H2. The van der Waals surface area contributed by atoms with Crippen molar-refractivity contribution >= 4 is 5.57 Å². The number of nitrogens with zero attached hydrogens (tertiary/aromatic N) is 1. The Kier molecular flexibility index (Phi) is 4.54. The minimum absolute atomic E-state index is 0.800. The van der Waals surface area contributed by atoms with Gasteiger partial charge in [0.1, 0.15) is 0 Å². The zero-order chi connectivity index (χ0) is 13.8. The van der Waals surface area contributed by atoms with Gasteiger partial charge in [0.2, 0.25) is 0 Å². The highest BCUT2D eigenvalue weighted by Gasteiger charge is 2.28. The summed E-state index contributed by atoms with van der Waals surface area (Å²) in [6.07, 6.45) is 5.45.